The Kier molecular flexibility index (Phi) is 5.16. The van der Waals surface area contributed by atoms with E-state index < -0.39 is 6.09 Å². The predicted octanol–water partition coefficient (Wildman–Crippen LogP) is 4.11. The molecule has 3 aromatic rings. The molecule has 0 atom stereocenters. The topological polar surface area (TPSA) is 58.6 Å². The van der Waals surface area contributed by atoms with Gasteiger partial charge in [0.05, 0.1) is 0 Å². The van der Waals surface area contributed by atoms with Crippen molar-refractivity contribution < 1.29 is 14.3 Å². The zero-order valence-electron chi connectivity index (χ0n) is 17.2. The number of fused-ring (bicyclic) bond motifs is 4. The van der Waals surface area contributed by atoms with Gasteiger partial charge in [0.25, 0.3) is 0 Å². The fourth-order valence-electron chi connectivity index (χ4n) is 4.62. The number of alkyl carbamates (subject to hydrolysis) is 1. The molecule has 5 nitrogen and oxygen atoms in total. The molecule has 2 amide bonds. The van der Waals surface area contributed by atoms with Gasteiger partial charge in [-0.05, 0) is 39.8 Å². The normalized spacial score (nSPS) is 14.4. The van der Waals surface area contributed by atoms with Crippen molar-refractivity contribution in [3.63, 3.8) is 0 Å². The van der Waals surface area contributed by atoms with E-state index in [9.17, 15) is 9.59 Å². The first-order chi connectivity index (χ1) is 15.2. The fraction of sp³-hybridized carbons (Fsp3) is 0.231. The van der Waals surface area contributed by atoms with Crippen LogP contribution >= 0.6 is 0 Å². The van der Waals surface area contributed by atoms with Crippen molar-refractivity contribution >= 4 is 12.0 Å². The van der Waals surface area contributed by atoms with E-state index in [1.807, 2.05) is 42.5 Å². The van der Waals surface area contributed by atoms with E-state index in [-0.39, 0.29) is 25.0 Å². The number of nitrogens with one attached hydrogen (secondary N) is 1. The SMILES string of the molecule is O=C(NCC(=O)N1CCc2ccccc2C1)OCC1c2ccccc2-c2ccccc21. The van der Waals surface area contributed by atoms with E-state index in [0.717, 1.165) is 6.42 Å². The molecule has 0 fully saturated rings. The summed E-state index contributed by atoms with van der Waals surface area (Å²) in [5, 5.41) is 2.62. The third-order valence-electron chi connectivity index (χ3n) is 6.21. The highest BCUT2D eigenvalue weighted by Gasteiger charge is 2.29. The first-order valence-corrected chi connectivity index (χ1v) is 10.6. The summed E-state index contributed by atoms with van der Waals surface area (Å²) in [6.45, 7) is 1.44. The molecule has 156 valence electrons. The lowest BCUT2D eigenvalue weighted by Gasteiger charge is -2.28. The molecule has 0 bridgehead atoms. The Morgan fingerprint density at radius 1 is 0.871 bits per heavy atom. The van der Waals surface area contributed by atoms with Crippen molar-refractivity contribution in [3.8, 4) is 11.1 Å². The van der Waals surface area contributed by atoms with E-state index >= 15 is 0 Å². The van der Waals surface area contributed by atoms with Crippen molar-refractivity contribution in [2.75, 3.05) is 19.7 Å². The molecule has 0 saturated carbocycles. The number of carbonyl (C=O) groups excluding carboxylic acids is 2. The van der Waals surface area contributed by atoms with Crippen LogP contribution < -0.4 is 5.32 Å². The number of benzene rings is 3. The Labute approximate surface area is 181 Å². The molecular weight excluding hydrogens is 388 g/mol. The van der Waals surface area contributed by atoms with Crippen LogP contribution in [0.1, 0.15) is 28.2 Å². The Morgan fingerprint density at radius 3 is 2.19 bits per heavy atom. The molecule has 1 aliphatic carbocycles. The third-order valence-corrected chi connectivity index (χ3v) is 6.21. The van der Waals surface area contributed by atoms with E-state index in [1.165, 1.54) is 33.4 Å². The second-order valence-electron chi connectivity index (χ2n) is 8.01. The molecule has 0 saturated heterocycles. The van der Waals surface area contributed by atoms with Crippen LogP contribution in [-0.2, 0) is 22.5 Å². The van der Waals surface area contributed by atoms with Gasteiger partial charge in [-0.1, -0.05) is 72.8 Å². The van der Waals surface area contributed by atoms with E-state index in [1.54, 1.807) is 4.90 Å². The summed E-state index contributed by atoms with van der Waals surface area (Å²) in [6, 6.07) is 24.6. The number of ether oxygens (including phenoxy) is 1. The molecule has 5 heteroatoms. The Hall–Kier alpha value is -3.60. The Balaban J connectivity index is 1.17. The number of amides is 2. The van der Waals surface area contributed by atoms with Gasteiger partial charge in [0.1, 0.15) is 13.2 Å². The zero-order valence-corrected chi connectivity index (χ0v) is 17.2. The largest absolute Gasteiger partial charge is 0.449 e. The minimum atomic E-state index is -0.562. The molecule has 1 N–H and O–H groups in total. The van der Waals surface area contributed by atoms with Crippen molar-refractivity contribution in [3.05, 3.63) is 95.1 Å². The maximum atomic E-state index is 12.6. The van der Waals surface area contributed by atoms with Gasteiger partial charge in [-0.2, -0.15) is 0 Å². The van der Waals surface area contributed by atoms with Crippen LogP contribution in [0.2, 0.25) is 0 Å². The standard InChI is InChI=1S/C26H24N2O3/c29-25(28-14-13-18-7-1-2-8-19(18)16-28)15-27-26(30)31-17-24-22-11-5-3-9-20(22)21-10-4-6-12-23(21)24/h1-12,24H,13-17H2,(H,27,30). The molecule has 5 rings (SSSR count). The molecule has 0 radical (unpaired) electrons. The average molecular weight is 412 g/mol. The molecule has 1 aliphatic heterocycles. The maximum absolute atomic E-state index is 12.6. The lowest BCUT2D eigenvalue weighted by atomic mass is 9.98. The van der Waals surface area contributed by atoms with Gasteiger partial charge in [0.2, 0.25) is 5.91 Å². The number of rotatable bonds is 4. The summed E-state index contributed by atoms with van der Waals surface area (Å²) >= 11 is 0. The van der Waals surface area contributed by atoms with Crippen molar-refractivity contribution in [2.24, 2.45) is 0 Å². The summed E-state index contributed by atoms with van der Waals surface area (Å²) in [6.07, 6.45) is 0.278. The summed E-state index contributed by atoms with van der Waals surface area (Å²) in [5.41, 5.74) is 7.17. The van der Waals surface area contributed by atoms with Gasteiger partial charge >= 0.3 is 6.09 Å². The summed E-state index contributed by atoms with van der Waals surface area (Å²) < 4.78 is 5.51. The number of hydrogen-bond donors (Lipinski definition) is 1. The van der Waals surface area contributed by atoms with Crippen LogP contribution in [0.25, 0.3) is 11.1 Å². The van der Waals surface area contributed by atoms with Crippen LogP contribution in [0, 0.1) is 0 Å². The van der Waals surface area contributed by atoms with Gasteiger partial charge in [-0.15, -0.1) is 0 Å². The highest BCUT2D eigenvalue weighted by molar-refractivity contribution is 5.83. The molecule has 0 unspecified atom stereocenters. The van der Waals surface area contributed by atoms with Crippen LogP contribution in [0.5, 0.6) is 0 Å². The summed E-state index contributed by atoms with van der Waals surface area (Å²) in [5.74, 6) is -0.0875. The van der Waals surface area contributed by atoms with Crippen LogP contribution in [-0.4, -0.2) is 36.6 Å². The quantitative estimate of drug-likeness (QED) is 0.702. The second kappa shape index (κ2) is 8.26. The number of hydrogen-bond acceptors (Lipinski definition) is 3. The molecule has 3 aromatic carbocycles. The highest BCUT2D eigenvalue weighted by Crippen LogP contribution is 2.44. The Morgan fingerprint density at radius 2 is 1.48 bits per heavy atom. The monoisotopic (exact) mass is 412 g/mol. The highest BCUT2D eigenvalue weighted by atomic mass is 16.5. The zero-order chi connectivity index (χ0) is 21.2. The summed E-state index contributed by atoms with van der Waals surface area (Å²) in [4.78, 5) is 26.6. The second-order valence-corrected chi connectivity index (χ2v) is 8.01. The van der Waals surface area contributed by atoms with Crippen molar-refractivity contribution in [1.29, 1.82) is 0 Å². The average Bonchev–Trinajstić information content (AvgIpc) is 3.14. The molecule has 1 heterocycles. The fourth-order valence-corrected chi connectivity index (χ4v) is 4.62. The van der Waals surface area contributed by atoms with Crippen LogP contribution in [0.3, 0.4) is 0 Å². The van der Waals surface area contributed by atoms with E-state index in [2.05, 4.69) is 35.6 Å². The minimum Gasteiger partial charge on any atom is -0.449 e. The Bertz CT molecular complexity index is 1100. The summed E-state index contributed by atoms with van der Waals surface area (Å²) in [7, 11) is 0. The molecule has 0 aromatic heterocycles. The van der Waals surface area contributed by atoms with Crippen LogP contribution in [0.15, 0.2) is 72.8 Å². The lowest BCUT2D eigenvalue weighted by molar-refractivity contribution is -0.131. The molecule has 0 spiro atoms. The first kappa shape index (κ1) is 19.4. The van der Waals surface area contributed by atoms with Gasteiger partial charge in [-0.3, -0.25) is 4.79 Å². The van der Waals surface area contributed by atoms with E-state index in [0.29, 0.717) is 13.1 Å². The molecular formula is C26H24N2O3. The van der Waals surface area contributed by atoms with Crippen molar-refractivity contribution in [1.82, 2.24) is 10.2 Å². The predicted molar refractivity (Wildman–Crippen MR) is 119 cm³/mol. The number of nitrogens with zero attached hydrogens (tertiary/aromatic N) is 1. The van der Waals surface area contributed by atoms with Crippen molar-refractivity contribution in [2.45, 2.75) is 18.9 Å². The maximum Gasteiger partial charge on any atom is 0.407 e. The van der Waals surface area contributed by atoms with Gasteiger partial charge in [0, 0.05) is 19.0 Å². The molecule has 31 heavy (non-hydrogen) atoms. The number of carbonyl (C=O) groups is 2. The van der Waals surface area contributed by atoms with Crippen LogP contribution in [0.4, 0.5) is 4.79 Å². The first-order valence-electron chi connectivity index (χ1n) is 10.6. The smallest absolute Gasteiger partial charge is 0.407 e. The lowest BCUT2D eigenvalue weighted by Crippen LogP contribution is -2.42. The van der Waals surface area contributed by atoms with Gasteiger partial charge < -0.3 is 15.0 Å². The van der Waals surface area contributed by atoms with Gasteiger partial charge in [-0.25, -0.2) is 4.79 Å². The minimum absolute atomic E-state index is 0.00690. The van der Waals surface area contributed by atoms with Gasteiger partial charge in [0.15, 0.2) is 0 Å². The third kappa shape index (κ3) is 3.79. The molecule has 2 aliphatic rings. The van der Waals surface area contributed by atoms with E-state index in [4.69, 9.17) is 4.74 Å².